The molecule has 1 aromatic heterocycles. The third-order valence-electron chi connectivity index (χ3n) is 6.13. The minimum atomic E-state index is 0. The molecule has 0 unspecified atom stereocenters. The molecule has 3 aliphatic heterocycles. The van der Waals surface area contributed by atoms with Crippen molar-refractivity contribution in [3.8, 4) is 0 Å². The Morgan fingerprint density at radius 1 is 1.04 bits per heavy atom. The molecular formula is C19H31Cl2N5O. The van der Waals surface area contributed by atoms with Crippen molar-refractivity contribution in [3.63, 3.8) is 0 Å². The lowest BCUT2D eigenvalue weighted by atomic mass is 9.92. The number of aromatic nitrogens is 1. The molecule has 1 amide bonds. The van der Waals surface area contributed by atoms with Crippen molar-refractivity contribution in [1.82, 2.24) is 20.1 Å². The lowest BCUT2D eigenvalue weighted by molar-refractivity contribution is 0.0758. The van der Waals surface area contributed by atoms with Gasteiger partial charge in [-0.15, -0.1) is 24.8 Å². The van der Waals surface area contributed by atoms with Crippen LogP contribution in [-0.2, 0) is 0 Å². The average molecular weight is 416 g/mol. The van der Waals surface area contributed by atoms with E-state index < -0.39 is 0 Å². The maximum Gasteiger partial charge on any atom is 0.254 e. The lowest BCUT2D eigenvalue weighted by Crippen LogP contribution is -2.44. The van der Waals surface area contributed by atoms with Gasteiger partial charge in [0.1, 0.15) is 5.82 Å². The van der Waals surface area contributed by atoms with Gasteiger partial charge in [0.2, 0.25) is 0 Å². The Kier molecular flexibility index (Phi) is 8.16. The minimum Gasteiger partial charge on any atom is -0.354 e. The summed E-state index contributed by atoms with van der Waals surface area (Å²) in [5.74, 6) is 2.60. The number of nitrogens with zero attached hydrogens (tertiary/aromatic N) is 4. The molecule has 152 valence electrons. The smallest absolute Gasteiger partial charge is 0.254 e. The second-order valence-corrected chi connectivity index (χ2v) is 7.74. The fourth-order valence-corrected chi connectivity index (χ4v) is 4.36. The van der Waals surface area contributed by atoms with Gasteiger partial charge in [-0.05, 0) is 56.9 Å². The van der Waals surface area contributed by atoms with Crippen LogP contribution in [0, 0.1) is 11.8 Å². The SMILES string of the molecule is CN1CCN(c2cc(C(=O)N3CC[C@@H]4CNC[C@@H]4CC3)ccn2)CC1.Cl.Cl. The Bertz CT molecular complexity index is 610. The number of hydrogen-bond acceptors (Lipinski definition) is 5. The van der Waals surface area contributed by atoms with E-state index in [1.54, 1.807) is 6.20 Å². The lowest BCUT2D eigenvalue weighted by Gasteiger charge is -2.33. The van der Waals surface area contributed by atoms with Gasteiger partial charge in [-0.3, -0.25) is 4.79 Å². The molecule has 6 nitrogen and oxygen atoms in total. The quantitative estimate of drug-likeness (QED) is 0.796. The van der Waals surface area contributed by atoms with Crippen LogP contribution in [0.15, 0.2) is 18.3 Å². The van der Waals surface area contributed by atoms with Crippen LogP contribution in [0.4, 0.5) is 5.82 Å². The molecule has 3 saturated heterocycles. The van der Waals surface area contributed by atoms with Crippen LogP contribution in [0.1, 0.15) is 23.2 Å². The molecule has 8 heteroatoms. The molecule has 3 fully saturated rings. The topological polar surface area (TPSA) is 51.7 Å². The molecule has 1 aromatic rings. The number of carbonyl (C=O) groups is 1. The number of piperazine rings is 1. The molecule has 0 radical (unpaired) electrons. The average Bonchev–Trinajstić information content (AvgIpc) is 3.00. The second-order valence-electron chi connectivity index (χ2n) is 7.74. The van der Waals surface area contributed by atoms with E-state index in [4.69, 9.17) is 0 Å². The monoisotopic (exact) mass is 415 g/mol. The van der Waals surface area contributed by atoms with Crippen LogP contribution in [0.5, 0.6) is 0 Å². The third-order valence-corrected chi connectivity index (χ3v) is 6.13. The van der Waals surface area contributed by atoms with Gasteiger partial charge < -0.3 is 20.0 Å². The Morgan fingerprint density at radius 2 is 1.67 bits per heavy atom. The van der Waals surface area contributed by atoms with Gasteiger partial charge in [-0.1, -0.05) is 0 Å². The summed E-state index contributed by atoms with van der Waals surface area (Å²) in [5, 5.41) is 3.49. The molecule has 0 saturated carbocycles. The van der Waals surface area contributed by atoms with Crippen LogP contribution in [-0.4, -0.2) is 80.1 Å². The zero-order valence-corrected chi connectivity index (χ0v) is 17.6. The van der Waals surface area contributed by atoms with Gasteiger partial charge in [0.15, 0.2) is 0 Å². The van der Waals surface area contributed by atoms with Gasteiger partial charge in [-0.2, -0.15) is 0 Å². The van der Waals surface area contributed by atoms with E-state index in [1.165, 1.54) is 0 Å². The number of halogens is 2. The van der Waals surface area contributed by atoms with Crippen molar-refractivity contribution in [2.24, 2.45) is 11.8 Å². The van der Waals surface area contributed by atoms with Crippen molar-refractivity contribution in [2.75, 3.05) is 64.3 Å². The Labute approximate surface area is 174 Å². The van der Waals surface area contributed by atoms with E-state index in [2.05, 4.69) is 32.0 Å². The number of hydrogen-bond donors (Lipinski definition) is 1. The predicted octanol–water partition coefficient (Wildman–Crippen LogP) is 1.75. The highest BCUT2D eigenvalue weighted by molar-refractivity contribution is 5.94. The molecule has 1 N–H and O–H groups in total. The van der Waals surface area contributed by atoms with Crippen LogP contribution >= 0.6 is 24.8 Å². The number of amides is 1. The first kappa shape index (κ1) is 22.2. The van der Waals surface area contributed by atoms with E-state index in [1.807, 2.05) is 12.1 Å². The summed E-state index contributed by atoms with van der Waals surface area (Å²) in [7, 11) is 2.15. The summed E-state index contributed by atoms with van der Waals surface area (Å²) >= 11 is 0. The highest BCUT2D eigenvalue weighted by Crippen LogP contribution is 2.28. The Morgan fingerprint density at radius 3 is 2.30 bits per heavy atom. The van der Waals surface area contributed by atoms with Crippen LogP contribution in [0.25, 0.3) is 0 Å². The minimum absolute atomic E-state index is 0. The van der Waals surface area contributed by atoms with E-state index in [0.29, 0.717) is 0 Å². The van der Waals surface area contributed by atoms with E-state index in [-0.39, 0.29) is 30.7 Å². The Hall–Kier alpha value is -1.08. The fourth-order valence-electron chi connectivity index (χ4n) is 4.36. The van der Waals surface area contributed by atoms with Gasteiger partial charge >= 0.3 is 0 Å². The van der Waals surface area contributed by atoms with Gasteiger partial charge in [0.25, 0.3) is 5.91 Å². The number of likely N-dealkylation sites (N-methyl/N-ethyl adjacent to an activating group) is 1. The standard InChI is InChI=1S/C19H29N5O.2ClH/c1-22-8-10-23(11-9-22)18-12-15(2-5-21-18)19(25)24-6-3-16-13-20-14-17(16)4-7-24;;/h2,5,12,16-17,20H,3-4,6-11,13-14H2,1H3;2*1H/t16-,17+;;. The summed E-state index contributed by atoms with van der Waals surface area (Å²) in [5.41, 5.74) is 0.786. The number of pyridine rings is 1. The number of fused-ring (bicyclic) bond motifs is 1. The molecule has 0 aromatic carbocycles. The number of likely N-dealkylation sites (tertiary alicyclic amines) is 1. The first-order valence-corrected chi connectivity index (χ1v) is 9.60. The summed E-state index contributed by atoms with van der Waals surface area (Å²) in [6.07, 6.45) is 4.04. The van der Waals surface area contributed by atoms with Gasteiger partial charge in [0.05, 0.1) is 0 Å². The number of nitrogens with one attached hydrogen (secondary N) is 1. The first-order chi connectivity index (χ1) is 12.2. The fraction of sp³-hybridized carbons (Fsp3) is 0.684. The second kappa shape index (κ2) is 9.92. The molecule has 0 bridgehead atoms. The predicted molar refractivity (Wildman–Crippen MR) is 113 cm³/mol. The zero-order valence-electron chi connectivity index (χ0n) is 16.0. The maximum atomic E-state index is 13.0. The highest BCUT2D eigenvalue weighted by atomic mass is 35.5. The van der Waals surface area contributed by atoms with Crippen molar-refractivity contribution < 1.29 is 4.79 Å². The summed E-state index contributed by atoms with van der Waals surface area (Å²) in [6.45, 7) is 8.04. The van der Waals surface area contributed by atoms with Crippen LogP contribution in [0.2, 0.25) is 0 Å². The molecule has 3 aliphatic rings. The molecule has 0 spiro atoms. The van der Waals surface area contributed by atoms with Crippen LogP contribution in [0.3, 0.4) is 0 Å². The maximum absolute atomic E-state index is 13.0. The molecule has 2 atom stereocenters. The summed E-state index contributed by atoms with van der Waals surface area (Å²) in [6, 6.07) is 3.86. The van der Waals surface area contributed by atoms with Crippen molar-refractivity contribution in [3.05, 3.63) is 23.9 Å². The van der Waals surface area contributed by atoms with E-state index in [0.717, 1.165) is 88.4 Å². The number of anilines is 1. The van der Waals surface area contributed by atoms with Gasteiger partial charge in [0, 0.05) is 51.0 Å². The zero-order chi connectivity index (χ0) is 17.2. The third kappa shape index (κ3) is 5.05. The number of carbonyl (C=O) groups excluding carboxylic acids is 1. The van der Waals surface area contributed by atoms with E-state index >= 15 is 0 Å². The van der Waals surface area contributed by atoms with Crippen LogP contribution < -0.4 is 10.2 Å². The first-order valence-electron chi connectivity index (χ1n) is 9.60. The summed E-state index contributed by atoms with van der Waals surface area (Å²) in [4.78, 5) is 24.2. The molecule has 4 heterocycles. The van der Waals surface area contributed by atoms with Gasteiger partial charge in [-0.25, -0.2) is 4.98 Å². The van der Waals surface area contributed by atoms with Crippen molar-refractivity contribution >= 4 is 36.5 Å². The molecule has 0 aliphatic carbocycles. The molecular weight excluding hydrogens is 385 g/mol. The molecule has 27 heavy (non-hydrogen) atoms. The summed E-state index contributed by atoms with van der Waals surface area (Å²) < 4.78 is 0. The molecule has 4 rings (SSSR count). The van der Waals surface area contributed by atoms with Crippen molar-refractivity contribution in [2.45, 2.75) is 12.8 Å². The van der Waals surface area contributed by atoms with E-state index in [9.17, 15) is 4.79 Å². The van der Waals surface area contributed by atoms with Crippen molar-refractivity contribution in [1.29, 1.82) is 0 Å². The largest absolute Gasteiger partial charge is 0.354 e. The normalized spacial score (nSPS) is 25.8. The highest BCUT2D eigenvalue weighted by Gasteiger charge is 2.31. The number of rotatable bonds is 2. The Balaban J connectivity index is 0.00000131.